The number of nitrogens with one attached hydrogen (secondary N) is 1. The molecule has 3 heterocycles. The fourth-order valence-corrected chi connectivity index (χ4v) is 3.35. The maximum atomic E-state index is 12.4. The number of pyridine rings is 1. The highest BCUT2D eigenvalue weighted by Gasteiger charge is 2.23. The van der Waals surface area contributed by atoms with Gasteiger partial charge in [0, 0.05) is 47.3 Å². The second kappa shape index (κ2) is 7.87. The van der Waals surface area contributed by atoms with Gasteiger partial charge >= 0.3 is 0 Å². The number of halogens is 1. The van der Waals surface area contributed by atoms with Gasteiger partial charge in [-0.05, 0) is 30.3 Å². The molecule has 138 valence electrons. The van der Waals surface area contributed by atoms with Crippen LogP contribution in [0.4, 0.5) is 0 Å². The summed E-state index contributed by atoms with van der Waals surface area (Å²) in [5.41, 5.74) is 1.77. The number of nitrogens with zero attached hydrogens (tertiary/aromatic N) is 3. The Balaban J connectivity index is 1.36. The molecule has 2 aromatic heterocycles. The van der Waals surface area contributed by atoms with Crippen molar-refractivity contribution >= 4 is 21.8 Å². The third-order valence-electron chi connectivity index (χ3n) is 4.30. The van der Waals surface area contributed by atoms with E-state index in [9.17, 15) is 4.79 Å². The van der Waals surface area contributed by atoms with Crippen LogP contribution in [0.3, 0.4) is 0 Å². The average molecular weight is 429 g/mol. The van der Waals surface area contributed by atoms with Crippen molar-refractivity contribution in [2.24, 2.45) is 0 Å². The Hall–Kier alpha value is -2.74. The second-order valence-electron chi connectivity index (χ2n) is 6.19. The lowest BCUT2D eigenvalue weighted by atomic mass is 10.0. The number of carbonyl (C=O) groups excluding carboxylic acids is 1. The predicted molar refractivity (Wildman–Crippen MR) is 101 cm³/mol. The first kappa shape index (κ1) is 17.7. The molecule has 1 aliphatic heterocycles. The maximum absolute atomic E-state index is 12.4. The second-order valence-corrected chi connectivity index (χ2v) is 7.11. The van der Waals surface area contributed by atoms with E-state index in [4.69, 9.17) is 9.26 Å². The van der Waals surface area contributed by atoms with Gasteiger partial charge in [0.1, 0.15) is 5.75 Å². The Kier molecular flexibility index (Phi) is 5.15. The molecule has 27 heavy (non-hydrogen) atoms. The predicted octanol–water partition coefficient (Wildman–Crippen LogP) is 3.47. The molecule has 4 rings (SSSR count). The molecule has 1 N–H and O–H groups in total. The van der Waals surface area contributed by atoms with Crippen LogP contribution in [0, 0.1) is 0 Å². The van der Waals surface area contributed by atoms with Crippen molar-refractivity contribution in [2.45, 2.75) is 25.3 Å². The Morgan fingerprint density at radius 1 is 1.33 bits per heavy atom. The number of hydrogen-bond donors (Lipinski definition) is 1. The summed E-state index contributed by atoms with van der Waals surface area (Å²) in [6.07, 6.45) is 4.74. The van der Waals surface area contributed by atoms with Gasteiger partial charge in [-0.2, -0.15) is 4.98 Å². The van der Waals surface area contributed by atoms with Crippen LogP contribution in [0.15, 0.2) is 51.7 Å². The van der Waals surface area contributed by atoms with Crippen molar-refractivity contribution in [1.29, 1.82) is 0 Å². The van der Waals surface area contributed by atoms with Gasteiger partial charge in [0.25, 0.3) is 0 Å². The van der Waals surface area contributed by atoms with Crippen LogP contribution in [0.2, 0.25) is 0 Å². The standard InChI is InChI=1S/C19H17BrN4O3/c20-13-3-4-16-14(10-13)15(7-9-26-16)22-17(25)5-6-18-23-19(24-27-18)12-2-1-8-21-11-12/h1-4,8,10-11,15H,5-7,9H2,(H,22,25). The minimum atomic E-state index is -0.0626. The van der Waals surface area contributed by atoms with Gasteiger partial charge in [-0.25, -0.2) is 0 Å². The first-order valence-corrected chi connectivity index (χ1v) is 9.43. The van der Waals surface area contributed by atoms with Gasteiger partial charge < -0.3 is 14.6 Å². The number of ether oxygens (including phenoxy) is 1. The van der Waals surface area contributed by atoms with E-state index in [-0.39, 0.29) is 18.4 Å². The molecule has 0 aliphatic carbocycles. The number of amides is 1. The molecule has 0 radical (unpaired) electrons. The van der Waals surface area contributed by atoms with Crippen molar-refractivity contribution < 1.29 is 14.1 Å². The largest absolute Gasteiger partial charge is 0.493 e. The molecule has 8 heteroatoms. The zero-order valence-electron chi connectivity index (χ0n) is 14.4. The quantitative estimate of drug-likeness (QED) is 0.668. The monoisotopic (exact) mass is 428 g/mol. The molecule has 7 nitrogen and oxygen atoms in total. The molecule has 1 atom stereocenters. The van der Waals surface area contributed by atoms with Crippen LogP contribution in [-0.4, -0.2) is 27.6 Å². The summed E-state index contributed by atoms with van der Waals surface area (Å²) < 4.78 is 11.8. The summed E-state index contributed by atoms with van der Waals surface area (Å²) in [7, 11) is 0. The van der Waals surface area contributed by atoms with Gasteiger partial charge in [0.2, 0.25) is 17.6 Å². The normalized spacial score (nSPS) is 15.7. The van der Waals surface area contributed by atoms with Gasteiger partial charge in [0.15, 0.2) is 0 Å². The summed E-state index contributed by atoms with van der Waals surface area (Å²) in [4.78, 5) is 20.8. The molecule has 1 unspecified atom stereocenters. The van der Waals surface area contributed by atoms with Crippen molar-refractivity contribution in [2.75, 3.05) is 6.61 Å². The minimum absolute atomic E-state index is 0.0612. The summed E-state index contributed by atoms with van der Waals surface area (Å²) in [5, 5.41) is 7.01. The zero-order valence-corrected chi connectivity index (χ0v) is 16.0. The van der Waals surface area contributed by atoms with Crippen LogP contribution in [0.1, 0.15) is 30.3 Å². The smallest absolute Gasteiger partial charge is 0.227 e. The number of benzene rings is 1. The highest BCUT2D eigenvalue weighted by molar-refractivity contribution is 9.10. The van der Waals surface area contributed by atoms with Gasteiger partial charge in [-0.3, -0.25) is 9.78 Å². The van der Waals surface area contributed by atoms with E-state index in [1.165, 1.54) is 0 Å². The van der Waals surface area contributed by atoms with E-state index >= 15 is 0 Å². The molecular weight excluding hydrogens is 412 g/mol. The van der Waals surface area contributed by atoms with Crippen molar-refractivity contribution in [1.82, 2.24) is 20.4 Å². The fraction of sp³-hybridized carbons (Fsp3) is 0.263. The minimum Gasteiger partial charge on any atom is -0.493 e. The Bertz CT molecular complexity index is 945. The molecule has 1 amide bonds. The van der Waals surface area contributed by atoms with Gasteiger partial charge in [-0.1, -0.05) is 21.1 Å². The van der Waals surface area contributed by atoms with Crippen LogP contribution >= 0.6 is 15.9 Å². The lowest BCUT2D eigenvalue weighted by Crippen LogP contribution is -2.32. The average Bonchev–Trinajstić information content (AvgIpc) is 3.17. The number of aryl methyl sites for hydroxylation is 1. The van der Waals surface area contributed by atoms with E-state index in [0.29, 0.717) is 24.7 Å². The molecule has 0 fully saturated rings. The Morgan fingerprint density at radius 3 is 3.11 bits per heavy atom. The number of hydrogen-bond acceptors (Lipinski definition) is 6. The van der Waals surface area contributed by atoms with Crippen molar-refractivity contribution in [3.05, 3.63) is 58.7 Å². The molecule has 1 aromatic carbocycles. The topological polar surface area (TPSA) is 90.1 Å². The molecule has 0 bridgehead atoms. The zero-order chi connectivity index (χ0) is 18.6. The molecule has 3 aromatic rings. The third-order valence-corrected chi connectivity index (χ3v) is 4.79. The SMILES string of the molecule is O=C(CCc1nc(-c2cccnc2)no1)NC1CCOc2ccc(Br)cc21. The number of aromatic nitrogens is 3. The summed E-state index contributed by atoms with van der Waals surface area (Å²) in [5.74, 6) is 1.66. The van der Waals surface area contributed by atoms with E-state index < -0.39 is 0 Å². The lowest BCUT2D eigenvalue weighted by Gasteiger charge is -2.26. The number of fused-ring (bicyclic) bond motifs is 1. The molecule has 0 saturated heterocycles. The van der Waals surface area contributed by atoms with E-state index in [1.54, 1.807) is 12.4 Å². The van der Waals surface area contributed by atoms with Crippen molar-refractivity contribution in [3.8, 4) is 17.1 Å². The fourth-order valence-electron chi connectivity index (χ4n) is 2.97. The highest BCUT2D eigenvalue weighted by atomic mass is 79.9. The maximum Gasteiger partial charge on any atom is 0.227 e. The van der Waals surface area contributed by atoms with Crippen LogP contribution in [-0.2, 0) is 11.2 Å². The molecule has 1 aliphatic rings. The first-order chi connectivity index (χ1) is 13.2. The molecule has 0 saturated carbocycles. The molecular formula is C19H17BrN4O3. The van der Waals surface area contributed by atoms with Gasteiger partial charge in [-0.15, -0.1) is 0 Å². The Morgan fingerprint density at radius 2 is 2.26 bits per heavy atom. The van der Waals surface area contributed by atoms with Crippen molar-refractivity contribution in [3.63, 3.8) is 0 Å². The summed E-state index contributed by atoms with van der Waals surface area (Å²) >= 11 is 3.47. The number of carbonyl (C=O) groups is 1. The van der Waals surface area contributed by atoms with E-state index in [1.807, 2.05) is 30.3 Å². The lowest BCUT2D eigenvalue weighted by molar-refractivity contribution is -0.122. The van der Waals surface area contributed by atoms with Crippen LogP contribution in [0.25, 0.3) is 11.4 Å². The first-order valence-electron chi connectivity index (χ1n) is 8.63. The van der Waals surface area contributed by atoms with E-state index in [2.05, 4.69) is 36.4 Å². The Labute approximate surface area is 164 Å². The summed E-state index contributed by atoms with van der Waals surface area (Å²) in [6, 6.07) is 9.43. The number of rotatable bonds is 5. The molecule has 0 spiro atoms. The van der Waals surface area contributed by atoms with Crippen LogP contribution in [0.5, 0.6) is 5.75 Å². The highest BCUT2D eigenvalue weighted by Crippen LogP contribution is 2.34. The summed E-state index contributed by atoms with van der Waals surface area (Å²) in [6.45, 7) is 0.581. The van der Waals surface area contributed by atoms with E-state index in [0.717, 1.165) is 27.8 Å². The van der Waals surface area contributed by atoms with Gasteiger partial charge in [0.05, 0.1) is 12.6 Å². The third kappa shape index (κ3) is 4.16. The van der Waals surface area contributed by atoms with Crippen LogP contribution < -0.4 is 10.1 Å².